The van der Waals surface area contributed by atoms with Crippen LogP contribution in [0.4, 0.5) is 0 Å². The van der Waals surface area contributed by atoms with E-state index in [9.17, 15) is 4.79 Å². The van der Waals surface area contributed by atoms with Crippen molar-refractivity contribution in [2.24, 2.45) is 0 Å². The smallest absolute Gasteiger partial charge is 0.166 e. The molecule has 2 aromatic rings. The molecule has 1 aliphatic rings. The Hall–Kier alpha value is -1.71. The molecular formula is C13H15N3O. The summed E-state index contributed by atoms with van der Waals surface area (Å²) in [5, 5.41) is 0.963. The highest BCUT2D eigenvalue weighted by molar-refractivity contribution is 5.86. The summed E-state index contributed by atoms with van der Waals surface area (Å²) in [6.45, 7) is 1.88. The lowest BCUT2D eigenvalue weighted by molar-refractivity contribution is 0.111. The van der Waals surface area contributed by atoms with Gasteiger partial charge in [0.15, 0.2) is 6.29 Å². The number of hydrogen-bond donors (Lipinski definition) is 0. The Morgan fingerprint density at radius 1 is 1.41 bits per heavy atom. The molecule has 88 valence electrons. The summed E-state index contributed by atoms with van der Waals surface area (Å²) < 4.78 is 2.10. The zero-order valence-electron chi connectivity index (χ0n) is 9.89. The molecule has 1 aliphatic carbocycles. The van der Waals surface area contributed by atoms with E-state index in [0.29, 0.717) is 6.04 Å². The lowest BCUT2D eigenvalue weighted by Gasteiger charge is -2.14. The van der Waals surface area contributed by atoms with E-state index >= 15 is 0 Å². The Morgan fingerprint density at radius 2 is 2.18 bits per heavy atom. The van der Waals surface area contributed by atoms with Crippen molar-refractivity contribution < 1.29 is 4.79 Å². The van der Waals surface area contributed by atoms with Crippen LogP contribution in [-0.2, 0) is 0 Å². The summed E-state index contributed by atoms with van der Waals surface area (Å²) in [4.78, 5) is 19.8. The number of nitrogens with zero attached hydrogens (tertiary/aromatic N) is 3. The van der Waals surface area contributed by atoms with Crippen LogP contribution in [0.3, 0.4) is 0 Å². The first-order chi connectivity index (χ1) is 8.29. The molecular weight excluding hydrogens is 214 g/mol. The first-order valence-electron chi connectivity index (χ1n) is 6.09. The van der Waals surface area contributed by atoms with E-state index in [1.54, 1.807) is 6.20 Å². The van der Waals surface area contributed by atoms with Gasteiger partial charge in [0.25, 0.3) is 0 Å². The fraction of sp³-hybridized carbons (Fsp3) is 0.462. The molecule has 0 aliphatic heterocycles. The van der Waals surface area contributed by atoms with Crippen LogP contribution in [0.25, 0.3) is 11.0 Å². The molecule has 1 fully saturated rings. The molecule has 4 nitrogen and oxygen atoms in total. The van der Waals surface area contributed by atoms with E-state index in [1.165, 1.54) is 12.8 Å². The van der Waals surface area contributed by atoms with Crippen molar-refractivity contribution in [2.45, 2.75) is 38.6 Å². The van der Waals surface area contributed by atoms with Crippen molar-refractivity contribution in [1.29, 1.82) is 0 Å². The van der Waals surface area contributed by atoms with Gasteiger partial charge in [-0.05, 0) is 25.8 Å². The third kappa shape index (κ3) is 1.64. The molecule has 0 unspecified atom stereocenters. The Balaban J connectivity index is 2.24. The average molecular weight is 229 g/mol. The van der Waals surface area contributed by atoms with Crippen LogP contribution in [0.5, 0.6) is 0 Å². The van der Waals surface area contributed by atoms with Crippen LogP contribution in [0.15, 0.2) is 12.3 Å². The molecule has 0 amide bonds. The van der Waals surface area contributed by atoms with Gasteiger partial charge in [0.05, 0.1) is 5.69 Å². The Labute approximate surface area is 99.7 Å². The molecule has 0 atom stereocenters. The second kappa shape index (κ2) is 3.95. The van der Waals surface area contributed by atoms with E-state index in [2.05, 4.69) is 14.5 Å². The third-order valence-electron chi connectivity index (χ3n) is 3.54. The number of hydrogen-bond acceptors (Lipinski definition) is 3. The molecule has 0 saturated heterocycles. The van der Waals surface area contributed by atoms with Crippen molar-refractivity contribution >= 4 is 17.3 Å². The highest BCUT2D eigenvalue weighted by atomic mass is 16.1. The zero-order chi connectivity index (χ0) is 11.8. The van der Waals surface area contributed by atoms with Gasteiger partial charge in [-0.3, -0.25) is 4.79 Å². The van der Waals surface area contributed by atoms with Gasteiger partial charge < -0.3 is 4.57 Å². The highest BCUT2D eigenvalue weighted by Crippen LogP contribution is 2.33. The quantitative estimate of drug-likeness (QED) is 0.744. The maximum atomic E-state index is 11.2. The fourth-order valence-corrected chi connectivity index (χ4v) is 2.75. The fourth-order valence-electron chi connectivity index (χ4n) is 2.75. The monoisotopic (exact) mass is 229 g/mol. The normalized spacial score (nSPS) is 16.8. The summed E-state index contributed by atoms with van der Waals surface area (Å²) in [5.74, 6) is 0.757. The SMILES string of the molecule is Cc1ncc2cc(C=O)n(C3CCCC3)c2n1. The van der Waals surface area contributed by atoms with Crippen LogP contribution in [0.2, 0.25) is 0 Å². The maximum Gasteiger partial charge on any atom is 0.166 e. The minimum atomic E-state index is 0.432. The average Bonchev–Trinajstić information content (AvgIpc) is 2.93. The van der Waals surface area contributed by atoms with E-state index < -0.39 is 0 Å². The first kappa shape index (κ1) is 10.4. The minimum Gasteiger partial charge on any atom is -0.320 e. The van der Waals surface area contributed by atoms with Crippen molar-refractivity contribution in [3.63, 3.8) is 0 Å². The number of aromatic nitrogens is 3. The highest BCUT2D eigenvalue weighted by Gasteiger charge is 2.22. The second-order valence-corrected chi connectivity index (χ2v) is 4.69. The van der Waals surface area contributed by atoms with Gasteiger partial charge in [0.1, 0.15) is 11.5 Å². The lowest BCUT2D eigenvalue weighted by atomic mass is 10.2. The maximum absolute atomic E-state index is 11.2. The van der Waals surface area contributed by atoms with Gasteiger partial charge in [-0.15, -0.1) is 0 Å². The topological polar surface area (TPSA) is 47.8 Å². The van der Waals surface area contributed by atoms with Crippen LogP contribution in [0, 0.1) is 6.92 Å². The number of carbonyl (C=O) groups excluding carboxylic acids is 1. The Morgan fingerprint density at radius 3 is 2.88 bits per heavy atom. The van der Waals surface area contributed by atoms with E-state index in [0.717, 1.165) is 41.7 Å². The number of aryl methyl sites for hydroxylation is 1. The van der Waals surface area contributed by atoms with E-state index in [1.807, 2.05) is 13.0 Å². The number of aldehydes is 1. The van der Waals surface area contributed by atoms with Gasteiger partial charge in [-0.2, -0.15) is 0 Å². The molecule has 3 rings (SSSR count). The van der Waals surface area contributed by atoms with E-state index in [-0.39, 0.29) is 0 Å². The van der Waals surface area contributed by atoms with Crippen molar-refractivity contribution in [1.82, 2.24) is 14.5 Å². The summed E-state index contributed by atoms with van der Waals surface area (Å²) in [6, 6.07) is 2.32. The molecule has 0 bridgehead atoms. The molecule has 0 radical (unpaired) electrons. The molecule has 0 N–H and O–H groups in total. The van der Waals surface area contributed by atoms with Gasteiger partial charge in [-0.1, -0.05) is 12.8 Å². The first-order valence-corrected chi connectivity index (χ1v) is 6.09. The summed E-state index contributed by atoms with van der Waals surface area (Å²) in [7, 11) is 0. The van der Waals surface area contributed by atoms with Gasteiger partial charge >= 0.3 is 0 Å². The Bertz CT molecular complexity index is 567. The summed E-state index contributed by atoms with van der Waals surface area (Å²) >= 11 is 0. The standard InChI is InChI=1S/C13H15N3O/c1-9-14-7-10-6-12(8-17)16(13(10)15-9)11-4-2-3-5-11/h6-8,11H,2-5H2,1H3. The summed E-state index contributed by atoms with van der Waals surface area (Å²) in [5.41, 5.74) is 1.64. The van der Waals surface area contributed by atoms with Gasteiger partial charge in [0.2, 0.25) is 0 Å². The third-order valence-corrected chi connectivity index (χ3v) is 3.54. The zero-order valence-corrected chi connectivity index (χ0v) is 9.89. The molecule has 0 aromatic carbocycles. The molecule has 2 aromatic heterocycles. The van der Waals surface area contributed by atoms with Crippen LogP contribution >= 0.6 is 0 Å². The van der Waals surface area contributed by atoms with Crippen LogP contribution < -0.4 is 0 Å². The number of fused-ring (bicyclic) bond motifs is 1. The summed E-state index contributed by atoms with van der Waals surface area (Å²) in [6.07, 6.45) is 7.51. The molecule has 17 heavy (non-hydrogen) atoms. The largest absolute Gasteiger partial charge is 0.320 e. The van der Waals surface area contributed by atoms with Crippen LogP contribution in [-0.4, -0.2) is 20.8 Å². The molecule has 4 heteroatoms. The number of rotatable bonds is 2. The minimum absolute atomic E-state index is 0.432. The lowest BCUT2D eigenvalue weighted by Crippen LogP contribution is -2.09. The van der Waals surface area contributed by atoms with Crippen molar-refractivity contribution in [2.75, 3.05) is 0 Å². The van der Waals surface area contributed by atoms with E-state index in [4.69, 9.17) is 0 Å². The van der Waals surface area contributed by atoms with Crippen molar-refractivity contribution in [3.8, 4) is 0 Å². The molecule has 1 saturated carbocycles. The molecule has 0 spiro atoms. The predicted octanol–water partition coefficient (Wildman–Crippen LogP) is 2.67. The second-order valence-electron chi connectivity index (χ2n) is 4.69. The van der Waals surface area contributed by atoms with Crippen molar-refractivity contribution in [3.05, 3.63) is 23.8 Å². The van der Waals surface area contributed by atoms with Gasteiger partial charge in [-0.25, -0.2) is 9.97 Å². The Kier molecular flexibility index (Phi) is 2.42. The van der Waals surface area contributed by atoms with Crippen LogP contribution in [0.1, 0.15) is 48.0 Å². The van der Waals surface area contributed by atoms with Gasteiger partial charge in [0, 0.05) is 17.6 Å². The molecule has 2 heterocycles. The predicted molar refractivity (Wildman–Crippen MR) is 65.2 cm³/mol. The number of carbonyl (C=O) groups is 1.